The van der Waals surface area contributed by atoms with Crippen molar-refractivity contribution in [3.05, 3.63) is 46.1 Å². The number of benzene rings is 1. The van der Waals surface area contributed by atoms with Gasteiger partial charge in [0.05, 0.1) is 0 Å². The van der Waals surface area contributed by atoms with Gasteiger partial charge in [-0.25, -0.2) is 0 Å². The second-order valence-corrected chi connectivity index (χ2v) is 5.67. The van der Waals surface area contributed by atoms with Gasteiger partial charge in [0.2, 0.25) is 0 Å². The van der Waals surface area contributed by atoms with E-state index in [0.717, 1.165) is 16.5 Å². The van der Waals surface area contributed by atoms with Gasteiger partial charge in [0, 0.05) is 30.2 Å². The maximum atomic E-state index is 11.7. The molecule has 0 radical (unpaired) electrons. The molecule has 0 saturated carbocycles. The van der Waals surface area contributed by atoms with Crippen molar-refractivity contribution in [3.8, 4) is 6.07 Å². The number of aliphatic carboxylic acids is 1. The number of halogens is 1. The van der Waals surface area contributed by atoms with Crippen LogP contribution in [0.2, 0.25) is 0 Å². The lowest BCUT2D eigenvalue weighted by Gasteiger charge is -2.05. The van der Waals surface area contributed by atoms with Gasteiger partial charge >= 0.3 is 5.97 Å². The minimum atomic E-state index is -0.912. The fraction of sp³-hybridized carbons (Fsp3) is 0.312. The van der Waals surface area contributed by atoms with Gasteiger partial charge in [0.15, 0.2) is 0 Å². The topological polar surface area (TPSA) is 102 Å². The molecular weight excluding hydrogens is 362 g/mol. The number of amides is 1. The van der Waals surface area contributed by atoms with E-state index in [2.05, 4.69) is 26.6 Å². The van der Waals surface area contributed by atoms with Gasteiger partial charge in [0.25, 0.3) is 5.91 Å². The van der Waals surface area contributed by atoms with Crippen molar-refractivity contribution in [3.63, 3.8) is 0 Å². The molecule has 0 aliphatic rings. The van der Waals surface area contributed by atoms with Crippen molar-refractivity contribution < 1.29 is 14.7 Å². The Kier molecular flexibility index (Phi) is 8.47. The maximum absolute atomic E-state index is 11.7. The molecule has 0 aliphatic heterocycles. The fourth-order valence-corrected chi connectivity index (χ4v) is 2.22. The first kappa shape index (κ1) is 18.7. The number of hydrogen-bond acceptors (Lipinski definition) is 4. The molecular formula is C16H18BrN3O3. The van der Waals surface area contributed by atoms with Crippen molar-refractivity contribution in [2.75, 3.05) is 13.1 Å². The number of carboxylic acid groups (broad SMARTS) is 1. The summed E-state index contributed by atoms with van der Waals surface area (Å²) in [6, 6.07) is 9.71. The first-order valence-electron chi connectivity index (χ1n) is 7.11. The van der Waals surface area contributed by atoms with Crippen LogP contribution in [0.15, 0.2) is 40.5 Å². The van der Waals surface area contributed by atoms with Crippen molar-refractivity contribution in [2.24, 2.45) is 0 Å². The molecule has 1 aromatic carbocycles. The van der Waals surface area contributed by atoms with Crippen LogP contribution >= 0.6 is 15.9 Å². The molecule has 0 heterocycles. The molecule has 0 atom stereocenters. The Bertz CT molecular complexity index is 623. The van der Waals surface area contributed by atoms with Gasteiger partial charge in [-0.2, -0.15) is 5.26 Å². The van der Waals surface area contributed by atoms with Gasteiger partial charge in [-0.3, -0.25) is 9.59 Å². The highest BCUT2D eigenvalue weighted by Gasteiger charge is 2.08. The average molecular weight is 380 g/mol. The number of rotatable bonds is 9. The summed E-state index contributed by atoms with van der Waals surface area (Å²) in [4.78, 5) is 22.1. The van der Waals surface area contributed by atoms with Gasteiger partial charge < -0.3 is 15.7 Å². The lowest BCUT2D eigenvalue weighted by atomic mass is 10.1. The summed E-state index contributed by atoms with van der Waals surface area (Å²) in [7, 11) is 0. The molecule has 23 heavy (non-hydrogen) atoms. The summed E-state index contributed by atoms with van der Waals surface area (Å²) in [5.74, 6) is -1.42. The van der Waals surface area contributed by atoms with E-state index in [9.17, 15) is 9.59 Å². The van der Waals surface area contributed by atoms with E-state index >= 15 is 0 Å². The van der Waals surface area contributed by atoms with Crippen molar-refractivity contribution in [2.45, 2.75) is 19.3 Å². The van der Waals surface area contributed by atoms with E-state index in [1.165, 1.54) is 6.20 Å². The summed E-state index contributed by atoms with van der Waals surface area (Å²) in [6.45, 7) is 0.816. The van der Waals surface area contributed by atoms with Crippen LogP contribution in [0.5, 0.6) is 0 Å². The number of nitrogens with zero attached hydrogens (tertiary/aromatic N) is 1. The Labute approximate surface area is 143 Å². The first-order valence-corrected chi connectivity index (χ1v) is 7.90. The van der Waals surface area contributed by atoms with Crippen LogP contribution in [0.1, 0.15) is 18.4 Å². The van der Waals surface area contributed by atoms with Crippen molar-refractivity contribution in [1.82, 2.24) is 10.6 Å². The number of carbonyl (C=O) groups excluding carboxylic acids is 1. The molecule has 7 heteroatoms. The lowest BCUT2D eigenvalue weighted by molar-refractivity contribution is -0.137. The van der Waals surface area contributed by atoms with E-state index in [-0.39, 0.29) is 18.5 Å². The predicted octanol–water partition coefficient (Wildman–Crippen LogP) is 1.97. The zero-order valence-electron chi connectivity index (χ0n) is 12.5. The highest BCUT2D eigenvalue weighted by atomic mass is 79.9. The maximum Gasteiger partial charge on any atom is 0.303 e. The molecule has 122 valence electrons. The molecule has 0 aliphatic carbocycles. The summed E-state index contributed by atoms with van der Waals surface area (Å²) >= 11 is 3.40. The van der Waals surface area contributed by atoms with Gasteiger partial charge in [-0.05, 0) is 30.5 Å². The molecule has 0 bridgehead atoms. The van der Waals surface area contributed by atoms with E-state index < -0.39 is 11.9 Å². The number of nitriles is 1. The Hall–Kier alpha value is -2.33. The Balaban J connectivity index is 2.35. The molecule has 1 rings (SSSR count). The number of carboxylic acids is 1. The molecule has 0 saturated heterocycles. The molecule has 1 amide bonds. The third kappa shape index (κ3) is 8.02. The Morgan fingerprint density at radius 1 is 1.35 bits per heavy atom. The molecule has 0 unspecified atom stereocenters. The molecule has 0 fully saturated rings. The molecule has 6 nitrogen and oxygen atoms in total. The zero-order valence-corrected chi connectivity index (χ0v) is 14.1. The van der Waals surface area contributed by atoms with Gasteiger partial charge in [-0.15, -0.1) is 0 Å². The number of nitrogens with one attached hydrogen (secondary N) is 2. The van der Waals surface area contributed by atoms with Crippen LogP contribution in [0, 0.1) is 11.3 Å². The number of hydrogen-bond donors (Lipinski definition) is 3. The summed E-state index contributed by atoms with van der Waals surface area (Å²) in [6.07, 6.45) is 2.45. The molecule has 0 spiro atoms. The highest BCUT2D eigenvalue weighted by molar-refractivity contribution is 9.10. The summed E-state index contributed by atoms with van der Waals surface area (Å²) in [5.41, 5.74) is 1.10. The smallest absolute Gasteiger partial charge is 0.303 e. The van der Waals surface area contributed by atoms with Crippen LogP contribution < -0.4 is 10.6 Å². The van der Waals surface area contributed by atoms with Crippen LogP contribution in [0.4, 0.5) is 0 Å². The number of carbonyl (C=O) groups is 2. The molecule has 3 N–H and O–H groups in total. The first-order chi connectivity index (χ1) is 11.0. The normalized spacial score (nSPS) is 10.7. The SMILES string of the molecule is N#C/C(=C/NCCc1cccc(Br)c1)C(=O)NCCCC(=O)O. The van der Waals surface area contributed by atoms with Crippen LogP contribution in [0.25, 0.3) is 0 Å². The minimum absolute atomic E-state index is 0.0171. The monoisotopic (exact) mass is 379 g/mol. The highest BCUT2D eigenvalue weighted by Crippen LogP contribution is 2.11. The average Bonchev–Trinajstić information content (AvgIpc) is 2.51. The van der Waals surface area contributed by atoms with Crippen LogP contribution in [-0.2, 0) is 16.0 Å². The van der Waals surface area contributed by atoms with E-state index in [0.29, 0.717) is 13.0 Å². The van der Waals surface area contributed by atoms with Gasteiger partial charge in [0.1, 0.15) is 11.6 Å². The quantitative estimate of drug-likeness (QED) is 0.345. The van der Waals surface area contributed by atoms with E-state index in [4.69, 9.17) is 10.4 Å². The Morgan fingerprint density at radius 2 is 2.13 bits per heavy atom. The molecule has 1 aromatic rings. The lowest BCUT2D eigenvalue weighted by Crippen LogP contribution is -2.27. The zero-order chi connectivity index (χ0) is 17.1. The van der Waals surface area contributed by atoms with E-state index in [1.54, 1.807) is 0 Å². The minimum Gasteiger partial charge on any atom is -0.481 e. The second kappa shape index (κ2) is 10.4. The summed E-state index contributed by atoms with van der Waals surface area (Å²) < 4.78 is 1.00. The fourth-order valence-electron chi connectivity index (χ4n) is 1.77. The largest absolute Gasteiger partial charge is 0.481 e. The van der Waals surface area contributed by atoms with Crippen LogP contribution in [0.3, 0.4) is 0 Å². The molecule has 0 aromatic heterocycles. The standard InChI is InChI=1S/C16H18BrN3O3/c17-14-4-1-3-12(9-14)6-8-19-11-13(10-18)16(23)20-7-2-5-15(21)22/h1,3-4,9,11,19H,2,5-8H2,(H,20,23)(H,21,22)/b13-11-. The third-order valence-corrected chi connectivity index (χ3v) is 3.40. The summed E-state index contributed by atoms with van der Waals surface area (Å²) in [5, 5.41) is 22.9. The predicted molar refractivity (Wildman–Crippen MR) is 89.4 cm³/mol. The second-order valence-electron chi connectivity index (χ2n) is 4.76. The van der Waals surface area contributed by atoms with Crippen LogP contribution in [-0.4, -0.2) is 30.1 Å². The van der Waals surface area contributed by atoms with E-state index in [1.807, 2.05) is 30.3 Å². The third-order valence-electron chi connectivity index (χ3n) is 2.91. The van der Waals surface area contributed by atoms with Crippen molar-refractivity contribution in [1.29, 1.82) is 5.26 Å². The van der Waals surface area contributed by atoms with Gasteiger partial charge in [-0.1, -0.05) is 28.1 Å². The van der Waals surface area contributed by atoms with Crippen molar-refractivity contribution >= 4 is 27.8 Å². The Morgan fingerprint density at radius 3 is 2.78 bits per heavy atom.